The average Bonchev–Trinajstić information content (AvgIpc) is 2.34. The van der Waals surface area contributed by atoms with Crippen LogP contribution in [0.5, 0.6) is 0 Å². The van der Waals surface area contributed by atoms with Crippen LogP contribution in [0.3, 0.4) is 0 Å². The number of alkyl halides is 2. The number of aliphatic hydroxyl groups is 1. The van der Waals surface area contributed by atoms with Gasteiger partial charge >= 0.3 is 0 Å². The highest BCUT2D eigenvalue weighted by Gasteiger charge is 2.57. The molecule has 1 N–H and O–H groups in total. The van der Waals surface area contributed by atoms with Crippen molar-refractivity contribution in [3.63, 3.8) is 0 Å². The zero-order valence-electron chi connectivity index (χ0n) is 16.3. The molecule has 0 aromatic heterocycles. The van der Waals surface area contributed by atoms with Crippen molar-refractivity contribution >= 4 is 0 Å². The third-order valence-electron chi connectivity index (χ3n) is 4.16. The van der Waals surface area contributed by atoms with Gasteiger partial charge in [-0.15, -0.1) is 0 Å². The average molecular weight is 338 g/mol. The summed E-state index contributed by atoms with van der Waals surface area (Å²) in [6.45, 7) is 15.2. The summed E-state index contributed by atoms with van der Waals surface area (Å²) in [4.78, 5) is 0. The summed E-state index contributed by atoms with van der Waals surface area (Å²) in [5, 5.41) is 9.28. The van der Waals surface area contributed by atoms with Crippen molar-refractivity contribution in [2.75, 3.05) is 19.8 Å². The quantitative estimate of drug-likeness (QED) is 0.664. The van der Waals surface area contributed by atoms with Gasteiger partial charge in [-0.2, -0.15) is 0 Å². The molecule has 0 aliphatic carbocycles. The van der Waals surface area contributed by atoms with E-state index in [4.69, 9.17) is 9.47 Å². The summed E-state index contributed by atoms with van der Waals surface area (Å²) >= 11 is 0. The zero-order chi connectivity index (χ0) is 18.7. The fraction of sp³-hybridized carbons (Fsp3) is 1.00. The maximum Gasteiger partial charge on any atom is 0.262 e. The first-order valence-corrected chi connectivity index (χ1v) is 8.24. The highest BCUT2D eigenvalue weighted by atomic mass is 19.3. The lowest BCUT2D eigenvalue weighted by Gasteiger charge is -2.44. The maximum absolute atomic E-state index is 14.7. The van der Waals surface area contributed by atoms with Crippen LogP contribution in [0, 0.1) is 10.8 Å². The van der Waals surface area contributed by atoms with Gasteiger partial charge in [0.15, 0.2) is 0 Å². The van der Waals surface area contributed by atoms with E-state index in [1.165, 1.54) is 27.7 Å². The van der Waals surface area contributed by atoms with Crippen LogP contribution in [-0.2, 0) is 9.47 Å². The van der Waals surface area contributed by atoms with Gasteiger partial charge in [0, 0.05) is 6.61 Å². The van der Waals surface area contributed by atoms with Gasteiger partial charge in [0.1, 0.15) is 0 Å². The van der Waals surface area contributed by atoms with E-state index in [1.54, 1.807) is 0 Å². The van der Waals surface area contributed by atoms with Crippen LogP contribution in [-0.4, -0.2) is 42.1 Å². The Labute approximate surface area is 140 Å². The van der Waals surface area contributed by atoms with E-state index < -0.39 is 29.0 Å². The van der Waals surface area contributed by atoms with Crippen LogP contribution in [0.2, 0.25) is 0 Å². The van der Waals surface area contributed by atoms with Crippen molar-refractivity contribution in [3.8, 4) is 0 Å². The van der Waals surface area contributed by atoms with Gasteiger partial charge in [0.25, 0.3) is 5.92 Å². The minimum Gasteiger partial charge on any atom is -0.396 e. The van der Waals surface area contributed by atoms with E-state index in [2.05, 4.69) is 0 Å². The Balaban J connectivity index is 4.74. The molecule has 0 rings (SSSR count). The summed E-state index contributed by atoms with van der Waals surface area (Å²) in [7, 11) is 0. The standard InChI is InChI=1S/C18H36F2O3/c1-14(2,3)22-11-10-17(8,9)23-13-16(6,7)18(19,20)15(4,5)12-21/h21H,10-13H2,1-9H3. The number of rotatable bonds is 9. The molecule has 0 unspecified atom stereocenters. The molecule has 0 heterocycles. The Morgan fingerprint density at radius 3 is 1.65 bits per heavy atom. The maximum atomic E-state index is 14.7. The number of hydrogen-bond acceptors (Lipinski definition) is 3. The fourth-order valence-corrected chi connectivity index (χ4v) is 2.16. The van der Waals surface area contributed by atoms with Gasteiger partial charge in [-0.3, -0.25) is 0 Å². The number of ether oxygens (including phenoxy) is 2. The predicted molar refractivity (Wildman–Crippen MR) is 89.9 cm³/mol. The van der Waals surface area contributed by atoms with Crippen LogP contribution in [0.25, 0.3) is 0 Å². The summed E-state index contributed by atoms with van der Waals surface area (Å²) in [5.74, 6) is -3.06. The molecule has 140 valence electrons. The molecule has 0 spiro atoms. The Kier molecular flexibility index (Phi) is 7.24. The van der Waals surface area contributed by atoms with Crippen LogP contribution >= 0.6 is 0 Å². The van der Waals surface area contributed by atoms with E-state index >= 15 is 0 Å². The number of hydrogen-bond donors (Lipinski definition) is 1. The molecule has 0 saturated carbocycles. The molecule has 0 amide bonds. The first-order chi connectivity index (χ1) is 9.97. The summed E-state index contributed by atoms with van der Waals surface area (Å²) < 4.78 is 40.9. The molecular formula is C18H36F2O3. The summed E-state index contributed by atoms with van der Waals surface area (Å²) in [6.07, 6.45) is 0.620. The molecule has 0 radical (unpaired) electrons. The topological polar surface area (TPSA) is 38.7 Å². The highest BCUT2D eigenvalue weighted by molar-refractivity contribution is 4.96. The predicted octanol–water partition coefficient (Wildman–Crippen LogP) is 4.67. The van der Waals surface area contributed by atoms with Crippen molar-refractivity contribution in [3.05, 3.63) is 0 Å². The SMILES string of the molecule is CC(C)(C)OCCC(C)(C)OCC(C)(C)C(F)(F)C(C)(C)CO. The molecule has 0 atom stereocenters. The molecule has 0 aromatic carbocycles. The molecule has 3 nitrogen and oxygen atoms in total. The lowest BCUT2D eigenvalue weighted by molar-refractivity contribution is -0.225. The first kappa shape index (κ1) is 22.7. The summed E-state index contributed by atoms with van der Waals surface area (Å²) in [5.41, 5.74) is -3.67. The van der Waals surface area contributed by atoms with Crippen molar-refractivity contribution < 1.29 is 23.4 Å². The highest BCUT2D eigenvalue weighted by Crippen LogP contribution is 2.49. The van der Waals surface area contributed by atoms with Gasteiger partial charge in [0.05, 0.1) is 35.2 Å². The smallest absolute Gasteiger partial charge is 0.262 e. The van der Waals surface area contributed by atoms with E-state index in [0.717, 1.165) is 0 Å². The molecular weight excluding hydrogens is 302 g/mol. The van der Waals surface area contributed by atoms with E-state index in [9.17, 15) is 13.9 Å². The van der Waals surface area contributed by atoms with Gasteiger partial charge in [-0.05, 0) is 41.0 Å². The minimum atomic E-state index is -3.06. The van der Waals surface area contributed by atoms with Gasteiger partial charge < -0.3 is 14.6 Å². The Hall–Kier alpha value is -0.260. The summed E-state index contributed by atoms with van der Waals surface area (Å²) in [6, 6.07) is 0. The van der Waals surface area contributed by atoms with Crippen molar-refractivity contribution in [1.82, 2.24) is 0 Å². The van der Waals surface area contributed by atoms with E-state index in [1.807, 2.05) is 34.6 Å². The lowest BCUT2D eigenvalue weighted by atomic mass is 9.71. The Morgan fingerprint density at radius 2 is 1.26 bits per heavy atom. The van der Waals surface area contributed by atoms with Crippen LogP contribution in [0.15, 0.2) is 0 Å². The second kappa shape index (κ2) is 7.32. The number of aliphatic hydroxyl groups excluding tert-OH is 1. The molecule has 0 aromatic rings. The van der Waals surface area contributed by atoms with E-state index in [0.29, 0.717) is 13.0 Å². The molecule has 0 fully saturated rings. The number of halogens is 2. The Bertz CT molecular complexity index is 369. The van der Waals surface area contributed by atoms with Crippen LogP contribution < -0.4 is 0 Å². The van der Waals surface area contributed by atoms with Gasteiger partial charge in [-0.1, -0.05) is 27.7 Å². The molecule has 0 saturated heterocycles. The molecule has 0 bridgehead atoms. The van der Waals surface area contributed by atoms with Crippen molar-refractivity contribution in [2.45, 2.75) is 85.9 Å². The van der Waals surface area contributed by atoms with Crippen LogP contribution in [0.1, 0.15) is 68.7 Å². The second-order valence-electron chi connectivity index (χ2n) is 9.26. The third-order valence-corrected chi connectivity index (χ3v) is 4.16. The molecule has 23 heavy (non-hydrogen) atoms. The first-order valence-electron chi connectivity index (χ1n) is 8.24. The third kappa shape index (κ3) is 6.63. The second-order valence-corrected chi connectivity index (χ2v) is 9.26. The minimum absolute atomic E-state index is 0.0913. The lowest BCUT2D eigenvalue weighted by Crippen LogP contribution is -2.53. The molecule has 0 aliphatic heterocycles. The molecule has 0 aliphatic rings. The van der Waals surface area contributed by atoms with Crippen molar-refractivity contribution in [2.24, 2.45) is 10.8 Å². The normalized spacial score (nSPS) is 15.1. The van der Waals surface area contributed by atoms with E-state index in [-0.39, 0.29) is 12.2 Å². The largest absolute Gasteiger partial charge is 0.396 e. The molecule has 5 heteroatoms. The van der Waals surface area contributed by atoms with Crippen molar-refractivity contribution in [1.29, 1.82) is 0 Å². The fourth-order valence-electron chi connectivity index (χ4n) is 2.16. The van der Waals surface area contributed by atoms with Crippen LogP contribution in [0.4, 0.5) is 8.78 Å². The van der Waals surface area contributed by atoms with Gasteiger partial charge in [-0.25, -0.2) is 8.78 Å². The van der Waals surface area contributed by atoms with Gasteiger partial charge in [0.2, 0.25) is 0 Å². The monoisotopic (exact) mass is 338 g/mol. The Morgan fingerprint density at radius 1 is 0.783 bits per heavy atom. The zero-order valence-corrected chi connectivity index (χ0v) is 16.3.